The average Bonchev–Trinajstić information content (AvgIpc) is 3.39. The minimum Gasteiger partial charge on any atom is -0.345 e. The average molecular weight is 452 g/mol. The summed E-state index contributed by atoms with van der Waals surface area (Å²) in [5, 5.41) is 6.41. The summed E-state index contributed by atoms with van der Waals surface area (Å²) in [6, 6.07) is 4.48. The van der Waals surface area contributed by atoms with Crippen LogP contribution in [0.15, 0.2) is 29.3 Å². The van der Waals surface area contributed by atoms with Crippen LogP contribution in [0.3, 0.4) is 0 Å². The number of halogens is 1. The molecular weight excluding hydrogens is 426 g/mol. The molecule has 2 aliphatic rings. The number of hydrogen-bond donors (Lipinski definition) is 2. The van der Waals surface area contributed by atoms with E-state index in [9.17, 15) is 4.79 Å². The summed E-state index contributed by atoms with van der Waals surface area (Å²) in [5.74, 6) is 0.715. The first-order valence-electron chi connectivity index (χ1n) is 11.0. The van der Waals surface area contributed by atoms with Gasteiger partial charge < -0.3 is 15.6 Å². The first kappa shape index (κ1) is 19.8. The van der Waals surface area contributed by atoms with Gasteiger partial charge in [-0.3, -0.25) is 14.0 Å². The highest BCUT2D eigenvalue weighted by molar-refractivity contribution is 6.38. The van der Waals surface area contributed by atoms with Crippen LogP contribution >= 0.6 is 11.6 Å². The normalized spacial score (nSPS) is 25.3. The fraction of sp³-hybridized carbons (Fsp3) is 0.435. The number of hydrogen-bond acceptors (Lipinski definition) is 5. The van der Waals surface area contributed by atoms with Crippen LogP contribution in [0, 0.1) is 0 Å². The number of benzene rings is 1. The van der Waals surface area contributed by atoms with Gasteiger partial charge in [-0.05, 0) is 38.7 Å². The number of aryl methyl sites for hydroxylation is 1. The Kier molecular flexibility index (Phi) is 4.08. The van der Waals surface area contributed by atoms with Crippen molar-refractivity contribution in [2.24, 2.45) is 19.8 Å². The lowest BCUT2D eigenvalue weighted by atomic mass is 9.86. The Morgan fingerprint density at radius 3 is 2.62 bits per heavy atom. The highest BCUT2D eigenvalue weighted by atomic mass is 35.5. The molecule has 8 nitrogen and oxygen atoms in total. The zero-order valence-corrected chi connectivity index (χ0v) is 19.1. The molecule has 4 aromatic rings. The first-order chi connectivity index (χ1) is 15.2. The van der Waals surface area contributed by atoms with Crippen LogP contribution in [0.25, 0.3) is 33.1 Å². The lowest BCUT2D eigenvalue weighted by Crippen LogP contribution is -2.55. The summed E-state index contributed by atoms with van der Waals surface area (Å²) >= 11 is 6.75. The molecule has 2 fully saturated rings. The molecule has 3 aromatic heterocycles. The first-order valence-corrected chi connectivity index (χ1v) is 11.4. The minimum absolute atomic E-state index is 0.0796. The van der Waals surface area contributed by atoms with Gasteiger partial charge in [0.25, 0.3) is 5.56 Å². The molecule has 0 spiro atoms. The van der Waals surface area contributed by atoms with Crippen molar-refractivity contribution in [2.75, 3.05) is 4.90 Å². The third-order valence-electron chi connectivity index (χ3n) is 7.17. The molecule has 2 aliphatic heterocycles. The van der Waals surface area contributed by atoms with E-state index in [1.54, 1.807) is 9.25 Å². The Hall–Kier alpha value is -2.84. The van der Waals surface area contributed by atoms with Crippen LogP contribution < -0.4 is 16.2 Å². The van der Waals surface area contributed by atoms with Gasteiger partial charge in [-0.2, -0.15) is 10.1 Å². The monoisotopic (exact) mass is 451 g/mol. The Bertz CT molecular complexity index is 1430. The van der Waals surface area contributed by atoms with Gasteiger partial charge in [0.05, 0.1) is 15.9 Å². The van der Waals surface area contributed by atoms with Crippen molar-refractivity contribution in [1.82, 2.24) is 24.3 Å². The number of aromatic nitrogens is 5. The molecule has 0 amide bonds. The smallest absolute Gasteiger partial charge is 0.264 e. The molecule has 1 aromatic carbocycles. The Morgan fingerprint density at radius 2 is 1.91 bits per heavy atom. The maximum absolute atomic E-state index is 13.6. The maximum atomic E-state index is 13.6. The second-order valence-corrected chi connectivity index (χ2v) is 10.1. The van der Waals surface area contributed by atoms with E-state index in [-0.39, 0.29) is 11.1 Å². The van der Waals surface area contributed by atoms with Gasteiger partial charge in [-0.1, -0.05) is 17.7 Å². The summed E-state index contributed by atoms with van der Waals surface area (Å²) in [4.78, 5) is 24.1. The highest BCUT2D eigenvalue weighted by Gasteiger charge is 2.46. The van der Waals surface area contributed by atoms with E-state index in [4.69, 9.17) is 22.3 Å². The minimum atomic E-state index is -0.160. The fourth-order valence-electron chi connectivity index (χ4n) is 5.83. The standard InChI is InChI=1S/C23H26ClN7O/c1-23(25)8-12-4-5-13(9-23)31(12)22-27-20-18(21(32)30(22)3)15(10-26-20)14-6-7-17-16(19(14)24)11-29(2)28-17/h6-7,10-13,26H,4-5,8-9,25H2,1-3H3/t12-,13+,23+. The Labute approximate surface area is 190 Å². The van der Waals surface area contributed by atoms with Crippen molar-refractivity contribution in [1.29, 1.82) is 0 Å². The van der Waals surface area contributed by atoms with E-state index < -0.39 is 0 Å². The van der Waals surface area contributed by atoms with Gasteiger partial charge in [0.2, 0.25) is 5.95 Å². The molecule has 2 bridgehead atoms. The molecule has 0 saturated carbocycles. The van der Waals surface area contributed by atoms with E-state index in [2.05, 4.69) is 21.9 Å². The summed E-state index contributed by atoms with van der Waals surface area (Å²) in [7, 11) is 3.67. The van der Waals surface area contributed by atoms with Crippen LogP contribution in [-0.2, 0) is 14.1 Å². The number of fused-ring (bicyclic) bond motifs is 4. The number of piperidine rings is 1. The summed E-state index contributed by atoms with van der Waals surface area (Å²) in [5.41, 5.74) is 9.20. The van der Waals surface area contributed by atoms with E-state index in [1.807, 2.05) is 38.6 Å². The van der Waals surface area contributed by atoms with Crippen LogP contribution in [0.4, 0.5) is 5.95 Å². The van der Waals surface area contributed by atoms with E-state index in [0.29, 0.717) is 34.1 Å². The number of nitrogens with zero attached hydrogens (tertiary/aromatic N) is 5. The number of anilines is 1. The molecule has 2 saturated heterocycles. The number of nitrogens with one attached hydrogen (secondary N) is 1. The molecule has 6 rings (SSSR count). The Balaban J connectivity index is 1.50. The zero-order chi connectivity index (χ0) is 22.4. The molecule has 3 atom stereocenters. The predicted molar refractivity (Wildman–Crippen MR) is 127 cm³/mol. The third kappa shape index (κ3) is 2.75. The summed E-state index contributed by atoms with van der Waals surface area (Å²) in [6.07, 6.45) is 7.71. The number of rotatable bonds is 2. The van der Waals surface area contributed by atoms with Crippen molar-refractivity contribution in [3.8, 4) is 11.1 Å². The van der Waals surface area contributed by atoms with Crippen LogP contribution in [-0.4, -0.2) is 41.9 Å². The molecule has 0 aliphatic carbocycles. The Morgan fingerprint density at radius 1 is 1.19 bits per heavy atom. The van der Waals surface area contributed by atoms with Crippen molar-refractivity contribution in [3.05, 3.63) is 39.9 Å². The van der Waals surface area contributed by atoms with Crippen molar-refractivity contribution in [3.63, 3.8) is 0 Å². The lowest BCUT2D eigenvalue weighted by molar-refractivity contribution is 0.302. The van der Waals surface area contributed by atoms with Gasteiger partial charge in [0, 0.05) is 60.6 Å². The second kappa shape index (κ2) is 6.59. The number of H-pyrrole nitrogens is 1. The predicted octanol–water partition coefficient (Wildman–Crippen LogP) is 3.32. The SMILES string of the molecule is Cn1cc2c(Cl)c(-c3c[nH]c4nc(N5[C@@H]6CC[C@H]5C[C@@](C)(N)C6)n(C)c(=O)c34)ccc2n1. The van der Waals surface area contributed by atoms with E-state index in [1.165, 1.54) is 0 Å². The number of aromatic amines is 1. The fourth-order valence-corrected chi connectivity index (χ4v) is 6.14. The highest BCUT2D eigenvalue weighted by Crippen LogP contribution is 2.42. The van der Waals surface area contributed by atoms with E-state index >= 15 is 0 Å². The molecule has 166 valence electrons. The van der Waals surface area contributed by atoms with Crippen LogP contribution in [0.2, 0.25) is 5.02 Å². The van der Waals surface area contributed by atoms with Crippen molar-refractivity contribution < 1.29 is 0 Å². The van der Waals surface area contributed by atoms with Crippen LogP contribution in [0.5, 0.6) is 0 Å². The summed E-state index contributed by atoms with van der Waals surface area (Å²) in [6.45, 7) is 2.13. The quantitative estimate of drug-likeness (QED) is 0.487. The van der Waals surface area contributed by atoms with Crippen LogP contribution in [0.1, 0.15) is 32.6 Å². The molecule has 0 radical (unpaired) electrons. The second-order valence-electron chi connectivity index (χ2n) is 9.72. The largest absolute Gasteiger partial charge is 0.345 e. The van der Waals surface area contributed by atoms with E-state index in [0.717, 1.165) is 47.7 Å². The molecule has 32 heavy (non-hydrogen) atoms. The van der Waals surface area contributed by atoms with Gasteiger partial charge in [-0.25, -0.2) is 0 Å². The molecule has 0 unspecified atom stereocenters. The van der Waals surface area contributed by atoms with Crippen molar-refractivity contribution in [2.45, 2.75) is 50.2 Å². The lowest BCUT2D eigenvalue weighted by Gasteiger charge is -2.43. The van der Waals surface area contributed by atoms with Gasteiger partial charge in [0.15, 0.2) is 0 Å². The molecule has 5 heterocycles. The molecule has 9 heteroatoms. The zero-order valence-electron chi connectivity index (χ0n) is 18.4. The van der Waals surface area contributed by atoms with Crippen molar-refractivity contribution >= 4 is 39.5 Å². The maximum Gasteiger partial charge on any atom is 0.264 e. The third-order valence-corrected chi connectivity index (χ3v) is 7.58. The summed E-state index contributed by atoms with van der Waals surface area (Å²) < 4.78 is 3.42. The van der Waals surface area contributed by atoms with Gasteiger partial charge in [0.1, 0.15) is 5.65 Å². The van der Waals surface area contributed by atoms with Gasteiger partial charge >= 0.3 is 0 Å². The number of nitrogens with two attached hydrogens (primary N) is 1. The topological polar surface area (TPSA) is 97.8 Å². The van der Waals surface area contributed by atoms with Gasteiger partial charge in [-0.15, -0.1) is 0 Å². The molecular formula is C23H26ClN7O. The molecule has 3 N–H and O–H groups in total.